The number of aromatic nitrogens is 1. The Morgan fingerprint density at radius 3 is 2.29 bits per heavy atom. The largest absolute Gasteiger partial charge is 0.342 e. The highest BCUT2D eigenvalue weighted by Gasteiger charge is 2.43. The van der Waals surface area contributed by atoms with Crippen LogP contribution in [0.5, 0.6) is 0 Å². The van der Waals surface area contributed by atoms with Crippen molar-refractivity contribution in [2.24, 2.45) is 11.8 Å². The summed E-state index contributed by atoms with van der Waals surface area (Å²) < 4.78 is 0. The summed E-state index contributed by atoms with van der Waals surface area (Å²) in [6.07, 6.45) is 7.61. The summed E-state index contributed by atoms with van der Waals surface area (Å²) in [5.74, 6) is 1.66. The average molecular weight is 419 g/mol. The Balaban J connectivity index is 1.05. The third-order valence-corrected chi connectivity index (χ3v) is 7.54. The van der Waals surface area contributed by atoms with E-state index in [9.17, 15) is 4.79 Å². The van der Waals surface area contributed by atoms with Crippen LogP contribution < -0.4 is 0 Å². The molecule has 1 amide bonds. The number of likely N-dealkylation sites (tertiary alicyclic amines) is 3. The highest BCUT2D eigenvalue weighted by molar-refractivity contribution is 5.76. The minimum Gasteiger partial charge on any atom is -0.342 e. The molecule has 5 heteroatoms. The van der Waals surface area contributed by atoms with Crippen LogP contribution in [0.4, 0.5) is 0 Å². The fraction of sp³-hybridized carbons (Fsp3) is 0.538. The summed E-state index contributed by atoms with van der Waals surface area (Å²) in [5, 5.41) is 0. The Bertz CT molecular complexity index is 836. The molecule has 0 aliphatic carbocycles. The number of pyridine rings is 1. The third-order valence-electron chi connectivity index (χ3n) is 7.54. The Hall–Kier alpha value is -2.24. The third kappa shape index (κ3) is 4.99. The summed E-state index contributed by atoms with van der Waals surface area (Å²) in [6, 6.07) is 15.6. The Kier molecular flexibility index (Phi) is 6.32. The van der Waals surface area contributed by atoms with E-state index in [1.54, 1.807) is 6.20 Å². The second kappa shape index (κ2) is 9.49. The predicted molar refractivity (Wildman–Crippen MR) is 122 cm³/mol. The lowest BCUT2D eigenvalue weighted by atomic mass is 10.0. The second-order valence-electron chi connectivity index (χ2n) is 9.63. The predicted octanol–water partition coefficient (Wildman–Crippen LogP) is 3.07. The molecule has 3 fully saturated rings. The molecule has 1 aromatic heterocycles. The quantitative estimate of drug-likeness (QED) is 0.723. The second-order valence-corrected chi connectivity index (χ2v) is 9.63. The molecule has 0 N–H and O–H groups in total. The zero-order valence-corrected chi connectivity index (χ0v) is 18.4. The highest BCUT2D eigenvalue weighted by Crippen LogP contribution is 2.34. The number of hydrogen-bond acceptors (Lipinski definition) is 4. The lowest BCUT2D eigenvalue weighted by molar-refractivity contribution is -0.130. The maximum Gasteiger partial charge on any atom is 0.222 e. The van der Waals surface area contributed by atoms with Crippen molar-refractivity contribution in [3.63, 3.8) is 0 Å². The molecule has 164 valence electrons. The van der Waals surface area contributed by atoms with Crippen LogP contribution in [0.25, 0.3) is 0 Å². The molecule has 3 saturated heterocycles. The first-order chi connectivity index (χ1) is 15.2. The number of fused-ring (bicyclic) bond motifs is 1. The van der Waals surface area contributed by atoms with Gasteiger partial charge < -0.3 is 4.90 Å². The van der Waals surface area contributed by atoms with Crippen LogP contribution in [0.1, 0.15) is 30.4 Å². The van der Waals surface area contributed by atoms with Crippen LogP contribution in [0.2, 0.25) is 0 Å². The molecule has 0 radical (unpaired) electrons. The molecule has 31 heavy (non-hydrogen) atoms. The number of carbonyl (C=O) groups excluding carboxylic acids is 1. The highest BCUT2D eigenvalue weighted by atomic mass is 16.2. The molecule has 2 atom stereocenters. The normalized spacial score (nSPS) is 25.1. The molecule has 5 nitrogen and oxygen atoms in total. The van der Waals surface area contributed by atoms with Gasteiger partial charge in [0, 0.05) is 57.6 Å². The fourth-order valence-corrected chi connectivity index (χ4v) is 5.77. The number of hydrogen-bond donors (Lipinski definition) is 0. The SMILES string of the molecule is O=C(CCc1cccnc1)N1C[C@@H]2CN(C3CCN(Cc4ccccc4)CC3)C[C@@H]2C1. The van der Waals surface area contributed by atoms with Crippen LogP contribution in [0.15, 0.2) is 54.9 Å². The summed E-state index contributed by atoms with van der Waals surface area (Å²) >= 11 is 0. The van der Waals surface area contributed by atoms with Crippen molar-refractivity contribution in [1.82, 2.24) is 19.7 Å². The van der Waals surface area contributed by atoms with Crippen molar-refractivity contribution in [3.8, 4) is 0 Å². The van der Waals surface area contributed by atoms with Gasteiger partial charge in [0.15, 0.2) is 0 Å². The minimum atomic E-state index is 0.319. The number of aryl methyl sites for hydroxylation is 1. The van der Waals surface area contributed by atoms with E-state index in [2.05, 4.69) is 56.1 Å². The first-order valence-electron chi connectivity index (χ1n) is 11.9. The molecule has 0 spiro atoms. The molecular weight excluding hydrogens is 384 g/mol. The molecule has 0 saturated carbocycles. The number of carbonyl (C=O) groups is 1. The minimum absolute atomic E-state index is 0.319. The van der Waals surface area contributed by atoms with Crippen molar-refractivity contribution in [3.05, 3.63) is 66.0 Å². The fourth-order valence-electron chi connectivity index (χ4n) is 5.77. The molecule has 0 unspecified atom stereocenters. The van der Waals surface area contributed by atoms with Gasteiger partial charge in [0.25, 0.3) is 0 Å². The maximum absolute atomic E-state index is 12.7. The maximum atomic E-state index is 12.7. The average Bonchev–Trinajstić information content (AvgIpc) is 3.39. The van der Waals surface area contributed by atoms with Gasteiger partial charge in [-0.25, -0.2) is 0 Å². The lowest BCUT2D eigenvalue weighted by Gasteiger charge is -2.37. The molecule has 4 heterocycles. The Morgan fingerprint density at radius 2 is 1.61 bits per heavy atom. The van der Waals surface area contributed by atoms with E-state index < -0.39 is 0 Å². The Labute approximate surface area is 186 Å². The van der Waals surface area contributed by atoms with Crippen molar-refractivity contribution in [1.29, 1.82) is 0 Å². The van der Waals surface area contributed by atoms with Gasteiger partial charge in [-0.15, -0.1) is 0 Å². The van der Waals surface area contributed by atoms with Crippen LogP contribution in [0.3, 0.4) is 0 Å². The van der Waals surface area contributed by atoms with Crippen LogP contribution in [-0.2, 0) is 17.8 Å². The van der Waals surface area contributed by atoms with Gasteiger partial charge in [-0.1, -0.05) is 36.4 Å². The summed E-state index contributed by atoms with van der Waals surface area (Å²) in [5.41, 5.74) is 2.57. The zero-order valence-electron chi connectivity index (χ0n) is 18.4. The topological polar surface area (TPSA) is 39.7 Å². The molecule has 0 bridgehead atoms. The van der Waals surface area contributed by atoms with Crippen LogP contribution in [0, 0.1) is 11.8 Å². The number of rotatable bonds is 6. The van der Waals surface area contributed by atoms with Crippen molar-refractivity contribution < 1.29 is 4.79 Å². The summed E-state index contributed by atoms with van der Waals surface area (Å²) in [6.45, 7) is 7.75. The number of amides is 1. The standard InChI is InChI=1S/C26H34N4O/c31-26(9-8-21-7-4-12-27-15-21)30-19-23-17-29(18-24(23)20-30)25-10-13-28(14-11-25)16-22-5-2-1-3-6-22/h1-7,12,15,23-25H,8-11,13-14,16-20H2/t23-,24+. The van der Waals surface area contributed by atoms with Crippen molar-refractivity contribution >= 4 is 5.91 Å². The molecule has 3 aliphatic heterocycles. The Morgan fingerprint density at radius 1 is 0.903 bits per heavy atom. The number of piperidine rings is 1. The van der Waals surface area contributed by atoms with Crippen LogP contribution in [-0.4, -0.2) is 70.9 Å². The smallest absolute Gasteiger partial charge is 0.222 e. The number of benzene rings is 1. The van der Waals surface area contributed by atoms with Gasteiger partial charge in [0.05, 0.1) is 0 Å². The summed E-state index contributed by atoms with van der Waals surface area (Å²) in [4.78, 5) is 24.3. The molecule has 3 aliphatic rings. The van der Waals surface area contributed by atoms with Crippen molar-refractivity contribution in [2.75, 3.05) is 39.3 Å². The molecule has 1 aromatic carbocycles. The van der Waals surface area contributed by atoms with E-state index in [1.807, 2.05) is 12.3 Å². The van der Waals surface area contributed by atoms with E-state index >= 15 is 0 Å². The van der Waals surface area contributed by atoms with Gasteiger partial charge in [-0.05, 0) is 61.4 Å². The van der Waals surface area contributed by atoms with Crippen molar-refractivity contribution in [2.45, 2.75) is 38.3 Å². The van der Waals surface area contributed by atoms with E-state index in [0.29, 0.717) is 24.2 Å². The van der Waals surface area contributed by atoms with Crippen LogP contribution >= 0.6 is 0 Å². The summed E-state index contributed by atoms with van der Waals surface area (Å²) in [7, 11) is 0. The lowest BCUT2D eigenvalue weighted by Crippen LogP contribution is -2.45. The van der Waals surface area contributed by atoms with Gasteiger partial charge in [-0.2, -0.15) is 0 Å². The van der Waals surface area contributed by atoms with E-state index in [-0.39, 0.29) is 0 Å². The zero-order chi connectivity index (χ0) is 21.0. The molecule has 5 rings (SSSR count). The first-order valence-corrected chi connectivity index (χ1v) is 11.9. The first kappa shape index (κ1) is 20.7. The van der Waals surface area contributed by atoms with E-state index in [4.69, 9.17) is 0 Å². The molecule has 2 aromatic rings. The van der Waals surface area contributed by atoms with E-state index in [0.717, 1.165) is 37.7 Å². The van der Waals surface area contributed by atoms with Gasteiger partial charge in [-0.3, -0.25) is 19.6 Å². The number of nitrogens with zero attached hydrogens (tertiary/aromatic N) is 4. The monoisotopic (exact) mass is 418 g/mol. The van der Waals surface area contributed by atoms with E-state index in [1.165, 1.54) is 44.6 Å². The van der Waals surface area contributed by atoms with Gasteiger partial charge in [0.2, 0.25) is 5.91 Å². The molecular formula is C26H34N4O. The van der Waals surface area contributed by atoms with Gasteiger partial charge >= 0.3 is 0 Å². The van der Waals surface area contributed by atoms with Gasteiger partial charge in [0.1, 0.15) is 0 Å².